The lowest BCUT2D eigenvalue weighted by Gasteiger charge is -2.30. The van der Waals surface area contributed by atoms with Crippen molar-refractivity contribution in [3.05, 3.63) is 24.8 Å². The Morgan fingerprint density at radius 2 is 1.49 bits per heavy atom. The van der Waals surface area contributed by atoms with Crippen molar-refractivity contribution in [2.45, 2.75) is 173 Å². The average Bonchev–Trinajstić information content (AvgIpc) is 3.86. The van der Waals surface area contributed by atoms with E-state index in [0.29, 0.717) is 6.42 Å². The third-order valence-electron chi connectivity index (χ3n) is 11.5. The van der Waals surface area contributed by atoms with Crippen LogP contribution in [0.4, 0.5) is 5.82 Å². The summed E-state index contributed by atoms with van der Waals surface area (Å²) in [4.78, 5) is 88.6. The third-order valence-corrected chi connectivity index (χ3v) is 15.5. The third kappa shape index (κ3) is 24.3. The maximum Gasteiger partial charge on any atom is 0.481 e. The summed E-state index contributed by atoms with van der Waals surface area (Å²) in [6.45, 7) is 2.64. The van der Waals surface area contributed by atoms with Crippen molar-refractivity contribution in [3.8, 4) is 0 Å². The summed E-state index contributed by atoms with van der Waals surface area (Å²) < 4.78 is 62.5. The summed E-state index contributed by atoms with van der Waals surface area (Å²) >= 11 is 0.999. The van der Waals surface area contributed by atoms with E-state index >= 15 is 0 Å². The molecule has 0 radical (unpaired) electrons. The second-order valence-electron chi connectivity index (χ2n) is 18.2. The molecule has 0 aromatic carbocycles. The number of nitrogens with two attached hydrogens (primary N) is 1. The quantitative estimate of drug-likeness (QED) is 0.0234. The first-order valence-corrected chi connectivity index (χ1v) is 29.8. The number of amides is 2. The van der Waals surface area contributed by atoms with Crippen LogP contribution < -0.4 is 16.4 Å². The van der Waals surface area contributed by atoms with Crippen LogP contribution in [0.25, 0.3) is 11.2 Å². The molecule has 11 N–H and O–H groups in total. The highest BCUT2D eigenvalue weighted by atomic mass is 32.2. The Kier molecular flexibility index (Phi) is 28.2. The van der Waals surface area contributed by atoms with Gasteiger partial charge in [0.15, 0.2) is 22.8 Å². The van der Waals surface area contributed by atoms with Crippen LogP contribution in [0.3, 0.4) is 0 Å². The molecule has 2 unspecified atom stereocenters. The normalized spacial score (nSPS) is 20.1. The summed E-state index contributed by atoms with van der Waals surface area (Å²) in [6.07, 6.45) is 15.5. The van der Waals surface area contributed by atoms with Gasteiger partial charge in [-0.05, 0) is 32.1 Å². The van der Waals surface area contributed by atoms with E-state index in [0.717, 1.165) is 54.7 Å². The predicted octanol–water partition coefficient (Wildman–Crippen LogP) is 5.23. The Bertz CT molecular complexity index is 2150. The number of hydrogen-bond donors (Lipinski definition) is 10. The predicted molar refractivity (Wildman–Crippen MR) is 266 cm³/mol. The number of carbonyl (C=O) groups excluding carboxylic acids is 3. The first-order chi connectivity index (χ1) is 33.9. The highest BCUT2D eigenvalue weighted by molar-refractivity contribution is 8.13. The number of allylic oxidation sites excluding steroid dienone is 2. The molecule has 2 aromatic rings. The van der Waals surface area contributed by atoms with E-state index in [1.165, 1.54) is 84.5 Å². The van der Waals surface area contributed by atoms with Crippen LogP contribution in [0.5, 0.6) is 0 Å². The van der Waals surface area contributed by atoms with Crippen molar-refractivity contribution in [1.29, 1.82) is 0 Å². The summed E-state index contributed by atoms with van der Waals surface area (Å²) in [7, 11) is -16.4. The number of carbonyl (C=O) groups is 3. The van der Waals surface area contributed by atoms with Gasteiger partial charge < -0.3 is 56.0 Å². The van der Waals surface area contributed by atoms with Crippen LogP contribution in [0.15, 0.2) is 24.8 Å². The number of phosphoric ester groups is 3. The maximum atomic E-state index is 12.8. The number of nitrogen functional groups attached to an aromatic ring is 1. The van der Waals surface area contributed by atoms with Crippen LogP contribution in [-0.4, -0.2) is 134 Å². The van der Waals surface area contributed by atoms with Gasteiger partial charge in [-0.15, -0.1) is 0 Å². The molecule has 25 nitrogen and oxygen atoms in total. The molecule has 72 heavy (non-hydrogen) atoms. The van der Waals surface area contributed by atoms with Gasteiger partial charge in [0.05, 0.1) is 25.6 Å². The fraction of sp³-hybridized carbons (Fsp3) is 0.767. The fourth-order valence-corrected chi connectivity index (χ4v) is 11.0. The van der Waals surface area contributed by atoms with Crippen molar-refractivity contribution in [3.63, 3.8) is 0 Å². The number of imidazole rings is 1. The molecule has 8 atom stereocenters. The van der Waals surface area contributed by atoms with Crippen molar-refractivity contribution in [2.24, 2.45) is 5.41 Å². The minimum atomic E-state index is -5.59. The standard InChI is InChI=1S/C43H76N7O18P3S/c1-4-5-6-7-8-9-10-11-12-13-14-15-16-17-18-19-20-21-31(51)26-34(53)72-25-24-45-33(52)22-23-46-41(56)38(55)43(2,3)28-65-71(62,63)68-70(60,61)64-27-32-37(67-69(57,58)59)36(54)42(66-32)50-30-49-35-39(44)47-29-48-40(35)50/h11-12,29-32,36-38,42,51,54-55H,4-10,13-28H2,1-3H3,(H,45,52)(H,46,56)(H,60,61)(H,62,63)(H2,44,47,48)(H2,57,58,59)/b12-11-/t31-,32-,36-,37-,38+,42-/m1/s1. The van der Waals surface area contributed by atoms with Gasteiger partial charge in [0.25, 0.3) is 0 Å². The molecular weight excluding hydrogens is 1030 g/mol. The molecule has 0 bridgehead atoms. The lowest BCUT2D eigenvalue weighted by atomic mass is 9.87. The van der Waals surface area contributed by atoms with E-state index < -0.39 is 90.7 Å². The highest BCUT2D eigenvalue weighted by Crippen LogP contribution is 2.61. The number of rotatable bonds is 38. The van der Waals surface area contributed by atoms with E-state index in [1.807, 2.05) is 0 Å². The monoisotopic (exact) mass is 1100 g/mol. The van der Waals surface area contributed by atoms with Gasteiger partial charge in [-0.2, -0.15) is 4.31 Å². The van der Waals surface area contributed by atoms with Crippen molar-refractivity contribution in [1.82, 2.24) is 30.2 Å². The molecule has 1 saturated heterocycles. The van der Waals surface area contributed by atoms with Crippen LogP contribution in [0, 0.1) is 5.41 Å². The summed E-state index contributed by atoms with van der Waals surface area (Å²) in [5.41, 5.74) is 4.26. The largest absolute Gasteiger partial charge is 0.481 e. The van der Waals surface area contributed by atoms with Crippen LogP contribution in [0.1, 0.15) is 143 Å². The minimum absolute atomic E-state index is 0.0207. The number of nitrogens with one attached hydrogen (secondary N) is 2. The fourth-order valence-electron chi connectivity index (χ4n) is 7.45. The molecule has 0 saturated carbocycles. The maximum absolute atomic E-state index is 12.8. The first kappa shape index (κ1) is 63.6. The number of unbranched alkanes of at least 4 members (excludes halogenated alkanes) is 13. The smallest absolute Gasteiger partial charge is 0.393 e. The lowest BCUT2D eigenvalue weighted by Crippen LogP contribution is -2.46. The average molecular weight is 1100 g/mol. The Morgan fingerprint density at radius 1 is 0.875 bits per heavy atom. The number of thioether (sulfide) groups is 1. The van der Waals surface area contributed by atoms with Gasteiger partial charge in [-0.1, -0.05) is 115 Å². The molecule has 0 spiro atoms. The molecule has 1 aliphatic rings. The number of nitrogens with zero attached hydrogens (tertiary/aromatic N) is 4. The van der Waals surface area contributed by atoms with Crippen molar-refractivity contribution >= 4 is 69.1 Å². The number of phosphoric acid groups is 3. The number of aliphatic hydroxyl groups excluding tert-OH is 3. The number of aromatic nitrogens is 4. The number of hydrogen-bond acceptors (Lipinski definition) is 19. The van der Waals surface area contributed by atoms with Crippen LogP contribution in [0.2, 0.25) is 0 Å². The molecule has 1 aliphatic heterocycles. The molecule has 29 heteroatoms. The van der Waals surface area contributed by atoms with Gasteiger partial charge in [-0.3, -0.25) is 32.5 Å². The van der Waals surface area contributed by atoms with Crippen LogP contribution in [-0.2, 0) is 50.7 Å². The second-order valence-corrected chi connectivity index (χ2v) is 23.6. The number of ether oxygens (including phenoxy) is 1. The zero-order valence-electron chi connectivity index (χ0n) is 41.3. The Balaban J connectivity index is 1.27. The van der Waals surface area contributed by atoms with E-state index in [4.69, 9.17) is 19.5 Å². The second kappa shape index (κ2) is 32.0. The molecule has 2 aromatic heterocycles. The molecule has 0 aliphatic carbocycles. The zero-order valence-corrected chi connectivity index (χ0v) is 44.8. The van der Waals surface area contributed by atoms with Crippen molar-refractivity contribution < 1.29 is 85.6 Å². The molecule has 1 fully saturated rings. The Morgan fingerprint density at radius 3 is 2.12 bits per heavy atom. The topological polar surface area (TPSA) is 384 Å². The van der Waals surface area contributed by atoms with Gasteiger partial charge >= 0.3 is 23.5 Å². The minimum Gasteiger partial charge on any atom is -0.393 e. The molecule has 412 valence electrons. The highest BCUT2D eigenvalue weighted by Gasteiger charge is 2.50. The van der Waals surface area contributed by atoms with E-state index in [1.54, 1.807) is 0 Å². The number of fused-ring (bicyclic) bond motifs is 1. The SMILES string of the molecule is CCCCCCCC/C=C\CCCCCCCCC[C@@H](O)CC(=O)SCCNC(=O)CCNC(=O)[C@H](O)C(C)(C)COP(=O)(O)OP(=O)(O)OC[C@H]1O[C@@H](n2cnc3c(N)ncnc32)[C@H](O)[C@@H]1OP(=O)(O)O. The van der Waals surface area contributed by atoms with E-state index in [9.17, 15) is 63.0 Å². The lowest BCUT2D eigenvalue weighted by molar-refractivity contribution is -0.137. The Hall–Kier alpha value is -2.74. The zero-order chi connectivity index (χ0) is 53.4. The van der Waals surface area contributed by atoms with E-state index in [2.05, 4.69) is 53.5 Å². The van der Waals surface area contributed by atoms with Gasteiger partial charge in [0.1, 0.15) is 36.3 Å². The number of anilines is 1. The number of aliphatic hydroxyl groups is 3. The van der Waals surface area contributed by atoms with Gasteiger partial charge in [-0.25, -0.2) is 28.6 Å². The first-order valence-electron chi connectivity index (χ1n) is 24.3. The summed E-state index contributed by atoms with van der Waals surface area (Å²) in [5, 5.41) is 36.7. The van der Waals surface area contributed by atoms with E-state index in [-0.39, 0.29) is 53.8 Å². The Labute approximate surface area is 424 Å². The summed E-state index contributed by atoms with van der Waals surface area (Å²) in [6, 6.07) is 0. The van der Waals surface area contributed by atoms with Gasteiger partial charge in [0.2, 0.25) is 11.8 Å². The molecule has 3 heterocycles. The molecular formula is C43H76N7O18P3S. The summed E-state index contributed by atoms with van der Waals surface area (Å²) in [5.74, 6) is -1.22. The van der Waals surface area contributed by atoms with Gasteiger partial charge in [0, 0.05) is 37.1 Å². The molecule has 3 rings (SSSR count). The van der Waals surface area contributed by atoms with Crippen LogP contribution >= 0.6 is 35.2 Å². The van der Waals surface area contributed by atoms with Crippen molar-refractivity contribution in [2.75, 3.05) is 37.8 Å². The molecule has 2 amide bonds.